The fourth-order valence-corrected chi connectivity index (χ4v) is 3.53. The number of carbonyl (C=O) groups excluding carboxylic acids is 7. The standard InChI is InChI=1S/C24H43N9O11/c1-10(29-20(39)12(26)9-34)19(38)31-14(7-16(27)36)21(40)32-15(8-17(28)37)22(41)33-18(11(2)35)23(42)30-13(24(43)44)5-3-4-6-25/h10-15,18,34-35H,3-9,25-26H2,1-2H3,(H2,27,36)(H2,28,37)(H,29,39)(H,30,42)(H,31,38)(H,32,40)(H,33,41)(H,43,44)/t10-,11+,12-,13-,14-,15-,18-/m0/s1. The molecule has 0 saturated heterocycles. The molecule has 0 saturated carbocycles. The summed E-state index contributed by atoms with van der Waals surface area (Å²) in [5.41, 5.74) is 21.1. The minimum absolute atomic E-state index is 0.00259. The summed E-state index contributed by atoms with van der Waals surface area (Å²) in [5.74, 6) is -8.93. The first kappa shape index (κ1) is 39.6. The van der Waals surface area contributed by atoms with E-state index in [1.807, 2.05) is 0 Å². The number of carboxylic acids is 1. The molecule has 0 bridgehead atoms. The minimum Gasteiger partial charge on any atom is -0.480 e. The molecule has 250 valence electrons. The van der Waals surface area contributed by atoms with Crippen LogP contribution in [0.15, 0.2) is 0 Å². The summed E-state index contributed by atoms with van der Waals surface area (Å²) in [6, 6.07) is -9.32. The molecule has 0 rings (SSSR count). The van der Waals surface area contributed by atoms with Gasteiger partial charge in [-0.1, -0.05) is 0 Å². The van der Waals surface area contributed by atoms with Crippen LogP contribution in [0.3, 0.4) is 0 Å². The highest BCUT2D eigenvalue weighted by atomic mass is 16.4. The van der Waals surface area contributed by atoms with Gasteiger partial charge in [0.25, 0.3) is 0 Å². The largest absolute Gasteiger partial charge is 0.480 e. The van der Waals surface area contributed by atoms with Crippen molar-refractivity contribution in [1.29, 1.82) is 0 Å². The number of rotatable bonds is 21. The van der Waals surface area contributed by atoms with Crippen molar-refractivity contribution in [3.05, 3.63) is 0 Å². The van der Waals surface area contributed by atoms with E-state index >= 15 is 0 Å². The highest BCUT2D eigenvalue weighted by Gasteiger charge is 2.34. The number of nitrogens with two attached hydrogens (primary N) is 4. The Morgan fingerprint density at radius 1 is 0.682 bits per heavy atom. The van der Waals surface area contributed by atoms with Crippen molar-refractivity contribution < 1.29 is 53.7 Å². The van der Waals surface area contributed by atoms with Crippen molar-refractivity contribution in [1.82, 2.24) is 26.6 Å². The van der Waals surface area contributed by atoms with Gasteiger partial charge in [0.2, 0.25) is 41.4 Å². The highest BCUT2D eigenvalue weighted by Crippen LogP contribution is 2.05. The maximum absolute atomic E-state index is 13.0. The molecule has 0 fully saturated rings. The number of aliphatic hydroxyl groups excluding tert-OH is 2. The molecule has 44 heavy (non-hydrogen) atoms. The third-order valence-corrected chi connectivity index (χ3v) is 5.99. The molecular formula is C24H43N9O11. The van der Waals surface area contributed by atoms with Crippen LogP contribution in [0.2, 0.25) is 0 Å². The molecule has 20 heteroatoms. The van der Waals surface area contributed by atoms with Gasteiger partial charge in [-0.05, 0) is 39.7 Å². The SMILES string of the molecule is C[C@H](NC(=O)[C@@H](N)CO)C(=O)N[C@@H](CC(N)=O)C(=O)N[C@@H](CC(N)=O)C(=O)N[C@H](C(=O)N[C@@H](CCCCN)C(=O)O)[C@@H](C)O. The van der Waals surface area contributed by atoms with E-state index in [-0.39, 0.29) is 6.42 Å². The summed E-state index contributed by atoms with van der Waals surface area (Å²) in [6.07, 6.45) is -2.38. The van der Waals surface area contributed by atoms with E-state index in [2.05, 4.69) is 26.6 Å². The smallest absolute Gasteiger partial charge is 0.326 e. The maximum atomic E-state index is 13.0. The molecule has 7 amide bonds. The summed E-state index contributed by atoms with van der Waals surface area (Å²) in [7, 11) is 0. The van der Waals surface area contributed by atoms with Crippen LogP contribution in [-0.4, -0.2) is 118 Å². The predicted octanol–water partition coefficient (Wildman–Crippen LogP) is -6.90. The molecule has 0 aromatic heterocycles. The number of unbranched alkanes of at least 4 members (excludes halogenated alkanes) is 1. The van der Waals surface area contributed by atoms with Crippen molar-refractivity contribution in [2.45, 2.75) is 88.3 Å². The van der Waals surface area contributed by atoms with Crippen molar-refractivity contribution in [3.63, 3.8) is 0 Å². The van der Waals surface area contributed by atoms with E-state index in [0.717, 1.165) is 6.92 Å². The fourth-order valence-electron chi connectivity index (χ4n) is 3.53. The lowest BCUT2D eigenvalue weighted by molar-refractivity contribution is -0.143. The zero-order valence-electron chi connectivity index (χ0n) is 24.4. The normalized spacial score (nSPS) is 15.6. The second kappa shape index (κ2) is 19.7. The molecule has 16 N–H and O–H groups in total. The Morgan fingerprint density at radius 2 is 1.16 bits per heavy atom. The summed E-state index contributed by atoms with van der Waals surface area (Å²) in [4.78, 5) is 98.0. The number of carbonyl (C=O) groups is 8. The zero-order valence-corrected chi connectivity index (χ0v) is 24.4. The lowest BCUT2D eigenvalue weighted by Crippen LogP contribution is -2.61. The van der Waals surface area contributed by atoms with Gasteiger partial charge < -0.3 is 64.8 Å². The third-order valence-electron chi connectivity index (χ3n) is 5.99. The lowest BCUT2D eigenvalue weighted by Gasteiger charge is -2.27. The molecule has 0 aromatic rings. The molecule has 0 aliphatic rings. The van der Waals surface area contributed by atoms with Gasteiger partial charge >= 0.3 is 5.97 Å². The first-order chi connectivity index (χ1) is 20.4. The number of carboxylic acid groups (broad SMARTS) is 1. The molecular weight excluding hydrogens is 590 g/mol. The van der Waals surface area contributed by atoms with Crippen LogP contribution in [0.4, 0.5) is 0 Å². The van der Waals surface area contributed by atoms with Crippen molar-refractivity contribution in [3.8, 4) is 0 Å². The Kier molecular flexibility index (Phi) is 17.8. The molecule has 7 atom stereocenters. The van der Waals surface area contributed by atoms with Crippen molar-refractivity contribution in [2.75, 3.05) is 13.2 Å². The van der Waals surface area contributed by atoms with Gasteiger partial charge in [0, 0.05) is 0 Å². The Labute approximate surface area is 252 Å². The lowest BCUT2D eigenvalue weighted by atomic mass is 10.1. The summed E-state index contributed by atoms with van der Waals surface area (Å²) < 4.78 is 0. The summed E-state index contributed by atoms with van der Waals surface area (Å²) >= 11 is 0. The average molecular weight is 634 g/mol. The number of aliphatic carboxylic acids is 1. The minimum atomic E-state index is -1.80. The van der Waals surface area contributed by atoms with Crippen LogP contribution in [-0.2, 0) is 38.4 Å². The third kappa shape index (κ3) is 14.7. The van der Waals surface area contributed by atoms with Gasteiger partial charge in [0.05, 0.1) is 25.6 Å². The van der Waals surface area contributed by atoms with Gasteiger partial charge in [0.1, 0.15) is 36.3 Å². The predicted molar refractivity (Wildman–Crippen MR) is 150 cm³/mol. The van der Waals surface area contributed by atoms with Crippen molar-refractivity contribution >= 4 is 47.3 Å². The van der Waals surface area contributed by atoms with Gasteiger partial charge in [-0.25, -0.2) is 4.79 Å². The first-order valence-electron chi connectivity index (χ1n) is 13.5. The van der Waals surface area contributed by atoms with Crippen LogP contribution >= 0.6 is 0 Å². The van der Waals surface area contributed by atoms with Crippen LogP contribution < -0.4 is 49.5 Å². The molecule has 0 aliphatic carbocycles. The second-order valence-electron chi connectivity index (χ2n) is 9.89. The molecule has 0 aliphatic heterocycles. The quantitative estimate of drug-likeness (QED) is 0.0523. The van der Waals surface area contributed by atoms with Crippen molar-refractivity contribution in [2.24, 2.45) is 22.9 Å². The second-order valence-corrected chi connectivity index (χ2v) is 9.89. The molecule has 0 heterocycles. The van der Waals surface area contributed by atoms with E-state index in [9.17, 15) is 48.6 Å². The van der Waals surface area contributed by atoms with E-state index in [4.69, 9.17) is 28.0 Å². The highest BCUT2D eigenvalue weighted by molar-refractivity contribution is 5.99. The van der Waals surface area contributed by atoms with Crippen LogP contribution in [0.1, 0.15) is 46.0 Å². The number of amides is 7. The number of hydrogen-bond acceptors (Lipinski definition) is 12. The monoisotopic (exact) mass is 633 g/mol. The van der Waals surface area contributed by atoms with E-state index in [1.165, 1.54) is 6.92 Å². The Morgan fingerprint density at radius 3 is 1.59 bits per heavy atom. The van der Waals surface area contributed by atoms with Gasteiger partial charge in [-0.15, -0.1) is 0 Å². The van der Waals surface area contributed by atoms with E-state index in [1.54, 1.807) is 0 Å². The topological polar surface area (TPSA) is 361 Å². The molecule has 0 spiro atoms. The molecule has 0 radical (unpaired) electrons. The van der Waals surface area contributed by atoms with Gasteiger partial charge in [-0.3, -0.25) is 33.6 Å². The van der Waals surface area contributed by atoms with Gasteiger partial charge in [0.15, 0.2) is 0 Å². The average Bonchev–Trinajstić information content (AvgIpc) is 2.92. The van der Waals surface area contributed by atoms with E-state index < -0.39 is 109 Å². The number of hydrogen-bond donors (Lipinski definition) is 12. The molecule has 0 unspecified atom stereocenters. The molecule has 20 nitrogen and oxygen atoms in total. The number of aliphatic hydroxyl groups is 2. The Hall–Kier alpha value is -4.40. The number of nitrogens with one attached hydrogen (secondary N) is 5. The van der Waals surface area contributed by atoms with Gasteiger partial charge in [-0.2, -0.15) is 0 Å². The Bertz CT molecular complexity index is 1060. The zero-order chi connectivity index (χ0) is 34.1. The summed E-state index contributed by atoms with van der Waals surface area (Å²) in [6.45, 7) is 1.89. The fraction of sp³-hybridized carbons (Fsp3) is 0.667. The maximum Gasteiger partial charge on any atom is 0.326 e. The Balaban J connectivity index is 5.81. The van der Waals surface area contributed by atoms with Crippen LogP contribution in [0.25, 0.3) is 0 Å². The first-order valence-corrected chi connectivity index (χ1v) is 13.5. The summed E-state index contributed by atoms with van der Waals surface area (Å²) in [5, 5.41) is 39.2. The van der Waals surface area contributed by atoms with Crippen LogP contribution in [0, 0.1) is 0 Å². The van der Waals surface area contributed by atoms with Crippen LogP contribution in [0.5, 0.6) is 0 Å². The number of primary amides is 2. The van der Waals surface area contributed by atoms with E-state index in [0.29, 0.717) is 19.4 Å². The molecule has 0 aromatic carbocycles.